The van der Waals surface area contributed by atoms with Crippen molar-refractivity contribution < 1.29 is 4.79 Å². The first-order valence-electron chi connectivity index (χ1n) is 6.47. The van der Waals surface area contributed by atoms with Crippen LogP contribution >= 0.6 is 0 Å². The number of H-pyrrole nitrogens is 1. The number of aromatic nitrogens is 2. The molecule has 0 spiro atoms. The third-order valence-electron chi connectivity index (χ3n) is 3.79. The van der Waals surface area contributed by atoms with E-state index in [9.17, 15) is 4.79 Å². The van der Waals surface area contributed by atoms with Gasteiger partial charge in [0.15, 0.2) is 0 Å². The van der Waals surface area contributed by atoms with E-state index in [1.54, 1.807) is 6.20 Å². The minimum atomic E-state index is 0.124. The Morgan fingerprint density at radius 1 is 1.32 bits per heavy atom. The van der Waals surface area contributed by atoms with Crippen LogP contribution in [0.3, 0.4) is 0 Å². The van der Waals surface area contributed by atoms with E-state index < -0.39 is 0 Å². The fourth-order valence-electron chi connectivity index (χ4n) is 2.29. The van der Waals surface area contributed by atoms with Gasteiger partial charge in [-0.25, -0.2) is 0 Å². The predicted octanol–water partition coefficient (Wildman–Crippen LogP) is 3.06. The lowest BCUT2D eigenvalue weighted by Crippen LogP contribution is -2.16. The van der Waals surface area contributed by atoms with Gasteiger partial charge < -0.3 is 5.32 Å². The zero-order chi connectivity index (χ0) is 13.5. The molecular weight excluding hydrogens is 238 g/mol. The van der Waals surface area contributed by atoms with Gasteiger partial charge in [-0.05, 0) is 35.6 Å². The zero-order valence-corrected chi connectivity index (χ0v) is 11.1. The molecule has 19 heavy (non-hydrogen) atoms. The van der Waals surface area contributed by atoms with Crippen LogP contribution in [0.15, 0.2) is 36.5 Å². The molecule has 1 fully saturated rings. The van der Waals surface area contributed by atoms with Gasteiger partial charge in [-0.3, -0.25) is 9.89 Å². The Balaban J connectivity index is 1.68. The van der Waals surface area contributed by atoms with Crippen molar-refractivity contribution in [3.05, 3.63) is 36.5 Å². The van der Waals surface area contributed by atoms with Crippen molar-refractivity contribution >= 4 is 11.6 Å². The summed E-state index contributed by atoms with van der Waals surface area (Å²) in [6.07, 6.45) is 2.70. The SMILES string of the molecule is CC1(C)CC1C(=O)Nc1ccc(-c2ccn[nH]2)cc1. The van der Waals surface area contributed by atoms with Crippen LogP contribution in [0.1, 0.15) is 20.3 Å². The predicted molar refractivity (Wildman–Crippen MR) is 74.5 cm³/mol. The summed E-state index contributed by atoms with van der Waals surface area (Å²) in [4.78, 5) is 12.0. The van der Waals surface area contributed by atoms with E-state index in [-0.39, 0.29) is 17.2 Å². The average molecular weight is 255 g/mol. The van der Waals surface area contributed by atoms with Gasteiger partial charge in [0.2, 0.25) is 5.91 Å². The van der Waals surface area contributed by atoms with Crippen LogP contribution in [0.5, 0.6) is 0 Å². The second kappa shape index (κ2) is 4.23. The number of rotatable bonds is 3. The number of benzene rings is 1. The molecule has 4 nitrogen and oxygen atoms in total. The number of hydrogen-bond acceptors (Lipinski definition) is 2. The third-order valence-corrected chi connectivity index (χ3v) is 3.79. The van der Waals surface area contributed by atoms with Gasteiger partial charge >= 0.3 is 0 Å². The lowest BCUT2D eigenvalue weighted by molar-refractivity contribution is -0.117. The summed E-state index contributed by atoms with van der Waals surface area (Å²) >= 11 is 0. The van der Waals surface area contributed by atoms with E-state index in [4.69, 9.17) is 0 Å². The van der Waals surface area contributed by atoms with Gasteiger partial charge in [0, 0.05) is 17.8 Å². The quantitative estimate of drug-likeness (QED) is 0.885. The van der Waals surface area contributed by atoms with E-state index >= 15 is 0 Å². The van der Waals surface area contributed by atoms with Crippen molar-refractivity contribution in [2.45, 2.75) is 20.3 Å². The monoisotopic (exact) mass is 255 g/mol. The Bertz CT molecular complexity index is 584. The van der Waals surface area contributed by atoms with E-state index in [1.165, 1.54) is 0 Å². The molecule has 1 aliphatic carbocycles. The van der Waals surface area contributed by atoms with E-state index in [1.807, 2.05) is 30.3 Å². The maximum atomic E-state index is 12.0. The summed E-state index contributed by atoms with van der Waals surface area (Å²) in [5, 5.41) is 9.80. The molecule has 0 aliphatic heterocycles. The van der Waals surface area contributed by atoms with Crippen molar-refractivity contribution in [3.63, 3.8) is 0 Å². The van der Waals surface area contributed by atoms with Gasteiger partial charge in [-0.1, -0.05) is 26.0 Å². The third kappa shape index (κ3) is 2.38. The zero-order valence-electron chi connectivity index (χ0n) is 11.1. The lowest BCUT2D eigenvalue weighted by atomic mass is 10.1. The van der Waals surface area contributed by atoms with Crippen LogP contribution in [-0.4, -0.2) is 16.1 Å². The van der Waals surface area contributed by atoms with Gasteiger partial charge in [0.1, 0.15) is 0 Å². The number of nitrogens with zero attached hydrogens (tertiary/aromatic N) is 1. The molecule has 1 unspecified atom stereocenters. The molecule has 0 radical (unpaired) electrons. The molecule has 98 valence electrons. The number of aromatic amines is 1. The number of carbonyl (C=O) groups is 1. The van der Waals surface area contributed by atoms with Crippen LogP contribution in [0.4, 0.5) is 5.69 Å². The molecule has 1 aliphatic rings. The van der Waals surface area contributed by atoms with Gasteiger partial charge in [0.25, 0.3) is 0 Å². The second-order valence-electron chi connectivity index (χ2n) is 5.78. The fourth-order valence-corrected chi connectivity index (χ4v) is 2.29. The molecular formula is C15H17N3O. The first kappa shape index (κ1) is 12.0. The van der Waals surface area contributed by atoms with Crippen LogP contribution in [-0.2, 0) is 4.79 Å². The largest absolute Gasteiger partial charge is 0.326 e. The summed E-state index contributed by atoms with van der Waals surface area (Å²) < 4.78 is 0. The molecule has 2 N–H and O–H groups in total. The van der Waals surface area contributed by atoms with Crippen LogP contribution in [0, 0.1) is 11.3 Å². The Hall–Kier alpha value is -2.10. The van der Waals surface area contributed by atoms with Gasteiger partial charge in [-0.2, -0.15) is 5.10 Å². The van der Waals surface area contributed by atoms with Gasteiger partial charge in [0.05, 0.1) is 5.69 Å². The highest BCUT2D eigenvalue weighted by Gasteiger charge is 2.50. The minimum Gasteiger partial charge on any atom is -0.326 e. The number of carbonyl (C=O) groups excluding carboxylic acids is 1. The van der Waals surface area contributed by atoms with Crippen LogP contribution in [0.25, 0.3) is 11.3 Å². The van der Waals surface area contributed by atoms with Crippen molar-refractivity contribution in [1.29, 1.82) is 0 Å². The molecule has 1 amide bonds. The molecule has 1 atom stereocenters. The fraction of sp³-hybridized carbons (Fsp3) is 0.333. The highest BCUT2D eigenvalue weighted by atomic mass is 16.2. The molecule has 1 aromatic carbocycles. The van der Waals surface area contributed by atoms with Crippen molar-refractivity contribution in [2.75, 3.05) is 5.32 Å². The van der Waals surface area contributed by atoms with Crippen LogP contribution < -0.4 is 5.32 Å². The van der Waals surface area contributed by atoms with E-state index in [0.717, 1.165) is 23.4 Å². The molecule has 0 bridgehead atoms. The molecule has 2 aromatic rings. The lowest BCUT2D eigenvalue weighted by Gasteiger charge is -2.07. The summed E-state index contributed by atoms with van der Waals surface area (Å²) in [6.45, 7) is 4.25. The maximum absolute atomic E-state index is 12.0. The molecule has 1 aromatic heterocycles. The number of nitrogens with one attached hydrogen (secondary N) is 2. The van der Waals surface area contributed by atoms with Crippen molar-refractivity contribution in [2.24, 2.45) is 11.3 Å². The normalized spacial score (nSPS) is 20.0. The first-order chi connectivity index (χ1) is 9.06. The average Bonchev–Trinajstić information content (AvgIpc) is 2.81. The Labute approximate surface area is 112 Å². The van der Waals surface area contributed by atoms with Crippen LogP contribution in [0.2, 0.25) is 0 Å². The highest BCUT2D eigenvalue weighted by Crippen LogP contribution is 2.51. The number of hydrogen-bond donors (Lipinski definition) is 2. The van der Waals surface area contributed by atoms with Gasteiger partial charge in [-0.15, -0.1) is 0 Å². The van der Waals surface area contributed by atoms with E-state index in [0.29, 0.717) is 0 Å². The molecule has 1 heterocycles. The molecule has 1 saturated carbocycles. The Morgan fingerprint density at radius 2 is 2.00 bits per heavy atom. The summed E-state index contributed by atoms with van der Waals surface area (Å²) in [5.74, 6) is 0.277. The molecule has 3 rings (SSSR count). The summed E-state index contributed by atoms with van der Waals surface area (Å²) in [5.41, 5.74) is 3.04. The Kier molecular flexibility index (Phi) is 2.66. The number of anilines is 1. The maximum Gasteiger partial charge on any atom is 0.228 e. The van der Waals surface area contributed by atoms with Crippen molar-refractivity contribution in [1.82, 2.24) is 10.2 Å². The first-order valence-corrected chi connectivity index (χ1v) is 6.47. The standard InChI is InChI=1S/C15H17N3O/c1-15(2)9-12(15)14(19)17-11-5-3-10(4-6-11)13-7-8-16-18-13/h3-8,12H,9H2,1-2H3,(H,16,18)(H,17,19). The smallest absolute Gasteiger partial charge is 0.228 e. The van der Waals surface area contributed by atoms with Crippen molar-refractivity contribution in [3.8, 4) is 11.3 Å². The topological polar surface area (TPSA) is 57.8 Å². The minimum absolute atomic E-state index is 0.124. The second-order valence-corrected chi connectivity index (χ2v) is 5.78. The summed E-state index contributed by atoms with van der Waals surface area (Å²) in [7, 11) is 0. The summed E-state index contributed by atoms with van der Waals surface area (Å²) in [6, 6.07) is 9.70. The highest BCUT2D eigenvalue weighted by molar-refractivity contribution is 5.95. The molecule has 0 saturated heterocycles. The number of amides is 1. The molecule has 4 heteroatoms. The Morgan fingerprint density at radius 3 is 2.53 bits per heavy atom. The van der Waals surface area contributed by atoms with E-state index in [2.05, 4.69) is 29.4 Å².